The van der Waals surface area contributed by atoms with E-state index >= 15 is 0 Å². The van der Waals surface area contributed by atoms with Crippen molar-refractivity contribution in [1.29, 1.82) is 0 Å². The van der Waals surface area contributed by atoms with Crippen LogP contribution in [0.2, 0.25) is 5.02 Å². The van der Waals surface area contributed by atoms with Crippen LogP contribution in [0, 0.1) is 0 Å². The van der Waals surface area contributed by atoms with E-state index in [9.17, 15) is 13.2 Å². The van der Waals surface area contributed by atoms with Crippen LogP contribution in [0.3, 0.4) is 0 Å². The van der Waals surface area contributed by atoms with E-state index < -0.39 is 11.7 Å². The summed E-state index contributed by atoms with van der Waals surface area (Å²) in [4.78, 5) is 3.76. The fraction of sp³-hybridized carbons (Fsp3) is 0.0833. The minimum atomic E-state index is -4.48. The second-order valence-corrected chi connectivity index (χ2v) is 4.37. The Labute approximate surface area is 122 Å². The summed E-state index contributed by atoms with van der Waals surface area (Å²) in [6.07, 6.45) is -3.75. The third-order valence-corrected chi connectivity index (χ3v) is 2.83. The molecule has 0 saturated carbocycles. The van der Waals surface area contributed by atoms with Crippen molar-refractivity contribution in [3.63, 3.8) is 0 Å². The molecule has 2 aromatic rings. The van der Waals surface area contributed by atoms with Gasteiger partial charge in [-0.3, -0.25) is 4.98 Å². The highest BCUT2D eigenvalue weighted by Crippen LogP contribution is 2.34. The molecule has 3 nitrogen and oxygen atoms in total. The summed E-state index contributed by atoms with van der Waals surface area (Å²) < 4.78 is 41.8. The summed E-state index contributed by atoms with van der Waals surface area (Å²) in [5.41, 5.74) is 2.76. The lowest BCUT2D eigenvalue weighted by Crippen LogP contribution is -2.05. The second kappa shape index (κ2) is 5.87. The summed E-state index contributed by atoms with van der Waals surface area (Å²) in [5, 5.41) is -0.0937. The Hall–Kier alpha value is -1.50. The number of benzene rings is 1. The number of hydrogen-bond acceptors (Lipinski definition) is 3. The molecule has 0 aliphatic carbocycles. The molecular weight excluding hydrogens is 316 g/mol. The molecule has 20 heavy (non-hydrogen) atoms. The maximum absolute atomic E-state index is 12.5. The zero-order valence-electron chi connectivity index (χ0n) is 9.71. The number of aromatic nitrogens is 1. The smallest absolute Gasteiger partial charge is 0.254 e. The molecule has 0 radical (unpaired) electrons. The molecule has 1 aromatic heterocycles. The van der Waals surface area contributed by atoms with E-state index in [0.717, 1.165) is 12.3 Å². The summed E-state index contributed by atoms with van der Waals surface area (Å²) in [6.45, 7) is 0. The lowest BCUT2D eigenvalue weighted by atomic mass is 10.1. The van der Waals surface area contributed by atoms with Crippen molar-refractivity contribution >= 4 is 29.2 Å². The van der Waals surface area contributed by atoms with Crippen molar-refractivity contribution in [2.45, 2.75) is 6.18 Å². The van der Waals surface area contributed by atoms with Crippen LogP contribution in [0.4, 0.5) is 18.9 Å². The Balaban J connectivity index is 2.41. The molecular formula is C12H7Cl2F3N2O. The van der Waals surface area contributed by atoms with Crippen molar-refractivity contribution in [3.8, 4) is 11.3 Å². The molecule has 2 rings (SSSR count). The monoisotopic (exact) mass is 322 g/mol. The van der Waals surface area contributed by atoms with E-state index in [4.69, 9.17) is 23.5 Å². The van der Waals surface area contributed by atoms with Crippen molar-refractivity contribution < 1.29 is 17.6 Å². The molecule has 106 valence electrons. The van der Waals surface area contributed by atoms with Gasteiger partial charge in [0.15, 0.2) is 0 Å². The van der Waals surface area contributed by atoms with Gasteiger partial charge in [-0.15, -0.1) is 0 Å². The number of hydrogen-bond donors (Lipinski definition) is 1. The van der Waals surface area contributed by atoms with Crippen molar-refractivity contribution in [2.75, 3.05) is 5.48 Å². The molecule has 0 atom stereocenters. The van der Waals surface area contributed by atoms with Gasteiger partial charge in [-0.25, -0.2) is 5.48 Å². The summed E-state index contributed by atoms with van der Waals surface area (Å²) in [5.74, 6) is 0. The summed E-state index contributed by atoms with van der Waals surface area (Å²) >= 11 is 10.9. The van der Waals surface area contributed by atoms with Gasteiger partial charge in [0.1, 0.15) is 0 Å². The SMILES string of the molecule is FC(F)(F)c1cnc(-c2cccc(NOCl)c2)c(Cl)c1. The first kappa shape index (κ1) is 14.9. The van der Waals surface area contributed by atoms with Crippen LogP contribution in [0.5, 0.6) is 0 Å². The average Bonchev–Trinajstić information content (AvgIpc) is 2.38. The lowest BCUT2D eigenvalue weighted by Gasteiger charge is -2.10. The molecule has 0 unspecified atom stereocenters. The third-order valence-electron chi connectivity index (χ3n) is 2.46. The molecule has 0 amide bonds. The van der Waals surface area contributed by atoms with E-state index in [-0.39, 0.29) is 10.7 Å². The van der Waals surface area contributed by atoms with Gasteiger partial charge < -0.3 is 0 Å². The number of nitrogens with one attached hydrogen (secondary N) is 1. The van der Waals surface area contributed by atoms with E-state index in [1.807, 2.05) is 0 Å². The zero-order valence-corrected chi connectivity index (χ0v) is 11.2. The number of anilines is 1. The van der Waals surface area contributed by atoms with E-state index in [0.29, 0.717) is 11.3 Å². The standard InChI is InChI=1S/C12H7Cl2F3N2O/c13-10-5-8(12(15,16)17)6-18-11(10)7-2-1-3-9(4-7)19-20-14/h1-6,19H. The van der Waals surface area contributed by atoms with Crippen LogP contribution >= 0.6 is 23.5 Å². The molecule has 0 saturated heterocycles. The van der Waals surface area contributed by atoms with Gasteiger partial charge in [0, 0.05) is 11.8 Å². The minimum absolute atomic E-state index is 0.0937. The maximum atomic E-state index is 12.5. The first-order valence-electron chi connectivity index (χ1n) is 5.28. The normalized spacial score (nSPS) is 11.4. The van der Waals surface area contributed by atoms with Gasteiger partial charge in [0.05, 0.1) is 33.8 Å². The predicted octanol–water partition coefficient (Wildman–Crippen LogP) is 4.92. The zero-order chi connectivity index (χ0) is 14.8. The predicted molar refractivity (Wildman–Crippen MR) is 70.2 cm³/mol. The quantitative estimate of drug-likeness (QED) is 0.814. The Kier molecular flexibility index (Phi) is 4.37. The molecule has 0 aliphatic rings. The Morgan fingerprint density at radius 3 is 2.55 bits per heavy atom. The van der Waals surface area contributed by atoms with Crippen LogP contribution in [0.25, 0.3) is 11.3 Å². The van der Waals surface area contributed by atoms with Gasteiger partial charge in [-0.1, -0.05) is 23.7 Å². The fourth-order valence-electron chi connectivity index (χ4n) is 1.58. The first-order valence-corrected chi connectivity index (χ1v) is 5.97. The maximum Gasteiger partial charge on any atom is 0.417 e. The Morgan fingerprint density at radius 1 is 1.20 bits per heavy atom. The van der Waals surface area contributed by atoms with E-state index in [1.165, 1.54) is 0 Å². The fourth-order valence-corrected chi connectivity index (χ4v) is 1.94. The van der Waals surface area contributed by atoms with Crippen LogP contribution in [-0.2, 0) is 10.6 Å². The van der Waals surface area contributed by atoms with Crippen LogP contribution < -0.4 is 5.48 Å². The molecule has 1 heterocycles. The van der Waals surface area contributed by atoms with Crippen molar-refractivity contribution in [1.82, 2.24) is 4.98 Å². The Morgan fingerprint density at radius 2 is 1.95 bits per heavy atom. The lowest BCUT2D eigenvalue weighted by molar-refractivity contribution is -0.137. The largest absolute Gasteiger partial charge is 0.417 e. The van der Waals surface area contributed by atoms with Crippen molar-refractivity contribution in [2.24, 2.45) is 0 Å². The second-order valence-electron chi connectivity index (χ2n) is 3.81. The van der Waals surface area contributed by atoms with Gasteiger partial charge in [0.25, 0.3) is 0 Å². The topological polar surface area (TPSA) is 34.2 Å². The van der Waals surface area contributed by atoms with Gasteiger partial charge >= 0.3 is 6.18 Å². The number of halogens is 5. The van der Waals surface area contributed by atoms with Gasteiger partial charge in [0.2, 0.25) is 0 Å². The molecule has 0 bridgehead atoms. The number of alkyl halides is 3. The van der Waals surface area contributed by atoms with Gasteiger partial charge in [-0.2, -0.15) is 17.6 Å². The molecule has 1 N–H and O–H groups in total. The van der Waals surface area contributed by atoms with Crippen LogP contribution in [0.1, 0.15) is 5.56 Å². The van der Waals surface area contributed by atoms with Crippen molar-refractivity contribution in [3.05, 3.63) is 47.1 Å². The molecule has 1 aromatic carbocycles. The number of rotatable bonds is 3. The number of nitrogens with zero attached hydrogens (tertiary/aromatic N) is 1. The Bertz CT molecular complexity index is 620. The third kappa shape index (κ3) is 3.33. The average molecular weight is 323 g/mol. The van der Waals surface area contributed by atoms with E-state index in [2.05, 4.69) is 14.9 Å². The molecule has 0 fully saturated rings. The van der Waals surface area contributed by atoms with E-state index in [1.54, 1.807) is 24.3 Å². The first-order chi connectivity index (χ1) is 9.41. The summed E-state index contributed by atoms with van der Waals surface area (Å²) in [6, 6.07) is 7.39. The molecule has 8 heteroatoms. The molecule has 0 spiro atoms. The molecule has 0 aliphatic heterocycles. The van der Waals surface area contributed by atoms with Crippen LogP contribution in [-0.4, -0.2) is 4.98 Å². The van der Waals surface area contributed by atoms with Gasteiger partial charge in [-0.05, 0) is 18.2 Å². The highest BCUT2D eigenvalue weighted by atomic mass is 35.5. The van der Waals surface area contributed by atoms with Crippen LogP contribution in [0.15, 0.2) is 36.5 Å². The highest BCUT2D eigenvalue weighted by molar-refractivity contribution is 6.33. The number of pyridine rings is 1. The minimum Gasteiger partial charge on any atom is -0.254 e. The summed E-state index contributed by atoms with van der Waals surface area (Å²) in [7, 11) is 0. The highest BCUT2D eigenvalue weighted by Gasteiger charge is 2.31.